The van der Waals surface area contributed by atoms with Crippen molar-refractivity contribution in [3.63, 3.8) is 0 Å². The Morgan fingerprint density at radius 1 is 1.13 bits per heavy atom. The number of aromatic nitrogens is 2. The Morgan fingerprint density at radius 3 is 2.52 bits per heavy atom. The maximum Gasteiger partial charge on any atom is 0.274 e. The molecule has 2 atom stereocenters. The first-order chi connectivity index (χ1) is 14.9. The highest BCUT2D eigenvalue weighted by molar-refractivity contribution is 5.93. The Morgan fingerprint density at radius 2 is 1.84 bits per heavy atom. The summed E-state index contributed by atoms with van der Waals surface area (Å²) in [5, 5.41) is 0. The van der Waals surface area contributed by atoms with Gasteiger partial charge in [0.1, 0.15) is 23.6 Å². The van der Waals surface area contributed by atoms with E-state index in [-0.39, 0.29) is 17.5 Å². The van der Waals surface area contributed by atoms with Gasteiger partial charge < -0.3 is 14.5 Å². The van der Waals surface area contributed by atoms with E-state index in [9.17, 15) is 18.4 Å². The van der Waals surface area contributed by atoms with Crippen LogP contribution in [-0.4, -0.2) is 56.5 Å². The van der Waals surface area contributed by atoms with Gasteiger partial charge in [0.15, 0.2) is 5.60 Å². The smallest absolute Gasteiger partial charge is 0.274 e. The predicted molar refractivity (Wildman–Crippen MR) is 105 cm³/mol. The lowest BCUT2D eigenvalue weighted by Crippen LogP contribution is -2.51. The third-order valence-electron chi connectivity index (χ3n) is 6.42. The van der Waals surface area contributed by atoms with Gasteiger partial charge in [-0.1, -0.05) is 0 Å². The van der Waals surface area contributed by atoms with Crippen molar-refractivity contribution >= 4 is 11.8 Å². The zero-order valence-electron chi connectivity index (χ0n) is 17.1. The third kappa shape index (κ3) is 3.37. The molecule has 3 fully saturated rings. The lowest BCUT2D eigenvalue weighted by Gasteiger charge is -2.37. The molecule has 0 radical (unpaired) electrons. The number of ether oxygens (including phenoxy) is 1. The largest absolute Gasteiger partial charge is 0.342 e. The van der Waals surface area contributed by atoms with Gasteiger partial charge in [0, 0.05) is 38.2 Å². The van der Waals surface area contributed by atoms with Gasteiger partial charge in [-0.3, -0.25) is 14.6 Å². The molecular weight excluding hydrogens is 406 g/mol. The highest BCUT2D eigenvalue weighted by Gasteiger charge is 2.58. The van der Waals surface area contributed by atoms with Crippen molar-refractivity contribution in [2.75, 3.05) is 13.1 Å². The van der Waals surface area contributed by atoms with Crippen LogP contribution < -0.4 is 0 Å². The Labute approximate surface area is 178 Å². The summed E-state index contributed by atoms with van der Waals surface area (Å²) in [6.07, 6.45) is 4.55. The Bertz CT molecular complexity index is 1030. The second-order valence-corrected chi connectivity index (χ2v) is 8.41. The first-order valence-electron chi connectivity index (χ1n) is 10.4. The summed E-state index contributed by atoms with van der Waals surface area (Å²) in [5.74, 6) is -1.70. The molecule has 5 rings (SSSR count). The second kappa shape index (κ2) is 7.33. The minimum absolute atomic E-state index is 0.160. The van der Waals surface area contributed by atoms with E-state index in [1.165, 1.54) is 18.3 Å². The summed E-state index contributed by atoms with van der Waals surface area (Å²) in [5.41, 5.74) is 0.390. The average molecular weight is 428 g/mol. The van der Waals surface area contributed by atoms with Gasteiger partial charge in [0.2, 0.25) is 0 Å². The molecule has 0 bridgehead atoms. The molecule has 2 unspecified atom stereocenters. The molecule has 0 aliphatic carbocycles. The van der Waals surface area contributed by atoms with E-state index >= 15 is 0 Å². The molecule has 4 heterocycles. The summed E-state index contributed by atoms with van der Waals surface area (Å²) >= 11 is 0. The number of piperidine rings is 1. The Kier molecular flexibility index (Phi) is 4.73. The maximum absolute atomic E-state index is 13.7. The van der Waals surface area contributed by atoms with Crippen LogP contribution in [0.3, 0.4) is 0 Å². The molecular formula is C22H22F2N4O3. The van der Waals surface area contributed by atoms with Crippen molar-refractivity contribution in [3.8, 4) is 0 Å². The van der Waals surface area contributed by atoms with E-state index in [0.717, 1.165) is 6.07 Å². The van der Waals surface area contributed by atoms with E-state index in [1.54, 1.807) is 22.9 Å². The summed E-state index contributed by atoms with van der Waals surface area (Å²) in [6, 6.07) is 2.96. The lowest BCUT2D eigenvalue weighted by atomic mass is 9.89. The standard InChI is InChI=1S/C22H22F2N4O3/c1-13-11-25-12-17(26-13)20(29)27-6-4-22(5-7-27)21(30)28-18(2-3-19(28)31-22)14-8-15(23)10-16(24)9-14/h8-12,18-19H,2-7H2,1H3. The fourth-order valence-electron chi connectivity index (χ4n) is 4.94. The number of amides is 2. The fourth-order valence-corrected chi connectivity index (χ4v) is 4.94. The third-order valence-corrected chi connectivity index (χ3v) is 6.42. The highest BCUT2D eigenvalue weighted by atomic mass is 19.1. The topological polar surface area (TPSA) is 75.6 Å². The zero-order chi connectivity index (χ0) is 21.8. The van der Waals surface area contributed by atoms with Crippen LogP contribution in [-0.2, 0) is 9.53 Å². The van der Waals surface area contributed by atoms with Crippen LogP contribution in [0.2, 0.25) is 0 Å². The van der Waals surface area contributed by atoms with Gasteiger partial charge in [0.05, 0.1) is 17.9 Å². The maximum atomic E-state index is 13.7. The van der Waals surface area contributed by atoms with E-state index in [0.29, 0.717) is 50.0 Å². The predicted octanol–water partition coefficient (Wildman–Crippen LogP) is 2.76. The van der Waals surface area contributed by atoms with Gasteiger partial charge in [-0.25, -0.2) is 13.8 Å². The van der Waals surface area contributed by atoms with Gasteiger partial charge in [-0.2, -0.15) is 0 Å². The zero-order valence-corrected chi connectivity index (χ0v) is 17.1. The summed E-state index contributed by atoms with van der Waals surface area (Å²) in [6.45, 7) is 2.49. The van der Waals surface area contributed by atoms with Gasteiger partial charge in [0.25, 0.3) is 11.8 Å². The molecule has 2 amide bonds. The van der Waals surface area contributed by atoms with E-state index in [4.69, 9.17) is 4.74 Å². The minimum atomic E-state index is -0.996. The monoisotopic (exact) mass is 428 g/mol. The lowest BCUT2D eigenvalue weighted by molar-refractivity contribution is -0.142. The summed E-state index contributed by atoms with van der Waals surface area (Å²) in [7, 11) is 0. The number of benzene rings is 1. The van der Waals surface area contributed by atoms with Gasteiger partial charge in [-0.15, -0.1) is 0 Å². The molecule has 9 heteroatoms. The van der Waals surface area contributed by atoms with Crippen molar-refractivity contribution < 1.29 is 23.1 Å². The quantitative estimate of drug-likeness (QED) is 0.735. The fraction of sp³-hybridized carbons (Fsp3) is 0.455. The Hall–Kier alpha value is -2.94. The number of carbonyl (C=O) groups excluding carboxylic acids is 2. The minimum Gasteiger partial charge on any atom is -0.342 e. The molecule has 1 spiro atoms. The van der Waals surface area contributed by atoms with Crippen LogP contribution >= 0.6 is 0 Å². The first-order valence-corrected chi connectivity index (χ1v) is 10.4. The number of hydrogen-bond donors (Lipinski definition) is 0. The molecule has 3 saturated heterocycles. The van der Waals surface area contributed by atoms with E-state index in [1.807, 2.05) is 0 Å². The normalized spacial score (nSPS) is 24.7. The highest BCUT2D eigenvalue weighted by Crippen LogP contribution is 2.47. The number of likely N-dealkylation sites (tertiary alicyclic amines) is 1. The van der Waals surface area contributed by atoms with Crippen molar-refractivity contribution in [2.24, 2.45) is 0 Å². The molecule has 0 N–H and O–H groups in total. The molecule has 1 aromatic carbocycles. The number of carbonyl (C=O) groups is 2. The SMILES string of the molecule is Cc1cncc(C(=O)N2CCC3(CC2)OC2CCC(c4cc(F)cc(F)c4)N2C3=O)n1. The molecule has 0 saturated carbocycles. The van der Waals surface area contributed by atoms with Crippen molar-refractivity contribution in [1.29, 1.82) is 0 Å². The summed E-state index contributed by atoms with van der Waals surface area (Å²) < 4.78 is 33.7. The molecule has 31 heavy (non-hydrogen) atoms. The van der Waals surface area contributed by atoms with Crippen LogP contribution in [0.25, 0.3) is 0 Å². The van der Waals surface area contributed by atoms with Crippen molar-refractivity contribution in [2.45, 2.75) is 50.5 Å². The van der Waals surface area contributed by atoms with Gasteiger partial charge in [-0.05, 0) is 37.5 Å². The molecule has 2 aromatic rings. The van der Waals surface area contributed by atoms with Gasteiger partial charge >= 0.3 is 0 Å². The average Bonchev–Trinajstić information content (AvgIpc) is 3.26. The Balaban J connectivity index is 1.32. The van der Waals surface area contributed by atoms with Crippen LogP contribution in [0, 0.1) is 18.6 Å². The van der Waals surface area contributed by atoms with Crippen LogP contribution in [0.4, 0.5) is 8.78 Å². The molecule has 3 aliphatic rings. The van der Waals surface area contributed by atoms with E-state index in [2.05, 4.69) is 9.97 Å². The van der Waals surface area contributed by atoms with Crippen molar-refractivity contribution in [1.82, 2.24) is 19.8 Å². The van der Waals surface area contributed by atoms with E-state index < -0.39 is 29.5 Å². The van der Waals surface area contributed by atoms with Crippen LogP contribution in [0.5, 0.6) is 0 Å². The number of nitrogens with zero attached hydrogens (tertiary/aromatic N) is 4. The summed E-state index contributed by atoms with van der Waals surface area (Å²) in [4.78, 5) is 37.7. The number of halogens is 2. The van der Waals surface area contributed by atoms with Crippen molar-refractivity contribution in [3.05, 3.63) is 59.2 Å². The van der Waals surface area contributed by atoms with Crippen LogP contribution in [0.1, 0.15) is 53.5 Å². The number of rotatable bonds is 2. The molecule has 162 valence electrons. The molecule has 7 nitrogen and oxygen atoms in total. The number of hydrogen-bond acceptors (Lipinski definition) is 5. The number of fused-ring (bicyclic) bond motifs is 1. The number of aryl methyl sites for hydroxylation is 1. The first kappa shape index (κ1) is 20.0. The molecule has 3 aliphatic heterocycles. The molecule has 1 aromatic heterocycles. The van der Waals surface area contributed by atoms with Crippen LogP contribution in [0.15, 0.2) is 30.6 Å². The second-order valence-electron chi connectivity index (χ2n) is 8.41.